The lowest BCUT2D eigenvalue weighted by molar-refractivity contribution is -0.121. The Morgan fingerprint density at radius 2 is 2.00 bits per heavy atom. The molecule has 2 amide bonds. The van der Waals surface area contributed by atoms with Gasteiger partial charge in [0.05, 0.1) is 0 Å². The van der Waals surface area contributed by atoms with E-state index in [9.17, 15) is 9.59 Å². The van der Waals surface area contributed by atoms with Crippen molar-refractivity contribution in [2.75, 3.05) is 13.1 Å². The van der Waals surface area contributed by atoms with Crippen molar-refractivity contribution in [2.45, 2.75) is 19.8 Å². The molecule has 0 aliphatic carbocycles. The van der Waals surface area contributed by atoms with Crippen LogP contribution in [-0.2, 0) is 4.79 Å². The van der Waals surface area contributed by atoms with Crippen LogP contribution in [0.5, 0.6) is 0 Å². The molecule has 1 aromatic heterocycles. The highest BCUT2D eigenvalue weighted by molar-refractivity contribution is 5.92. The van der Waals surface area contributed by atoms with Gasteiger partial charge < -0.3 is 10.6 Å². The first-order chi connectivity index (χ1) is 8.24. The minimum absolute atomic E-state index is 0.0135. The summed E-state index contributed by atoms with van der Waals surface area (Å²) in [7, 11) is 0. The van der Waals surface area contributed by atoms with E-state index in [0.29, 0.717) is 25.2 Å². The maximum Gasteiger partial charge on any atom is 0.269 e. The zero-order valence-electron chi connectivity index (χ0n) is 9.90. The average Bonchev–Trinajstić information content (AvgIpc) is 2.36. The number of hydrogen-bond acceptors (Lipinski definition) is 3. The van der Waals surface area contributed by atoms with E-state index in [4.69, 9.17) is 0 Å². The molecule has 0 fully saturated rings. The zero-order valence-corrected chi connectivity index (χ0v) is 9.90. The second kappa shape index (κ2) is 7.38. The van der Waals surface area contributed by atoms with Crippen LogP contribution in [0.25, 0.3) is 0 Å². The number of rotatable bonds is 6. The van der Waals surface area contributed by atoms with Crippen molar-refractivity contribution >= 4 is 11.8 Å². The Bertz CT molecular complexity index is 365. The molecule has 0 unspecified atom stereocenters. The summed E-state index contributed by atoms with van der Waals surface area (Å²) in [6.45, 7) is 2.80. The molecule has 5 nitrogen and oxygen atoms in total. The quantitative estimate of drug-likeness (QED) is 0.714. The smallest absolute Gasteiger partial charge is 0.269 e. The van der Waals surface area contributed by atoms with Crippen molar-refractivity contribution in [3.63, 3.8) is 0 Å². The van der Waals surface area contributed by atoms with E-state index in [0.717, 1.165) is 6.42 Å². The van der Waals surface area contributed by atoms with Gasteiger partial charge in [-0.3, -0.25) is 14.6 Å². The molecule has 0 bridgehead atoms. The van der Waals surface area contributed by atoms with Crippen molar-refractivity contribution in [2.24, 2.45) is 0 Å². The van der Waals surface area contributed by atoms with Gasteiger partial charge in [0.15, 0.2) is 0 Å². The van der Waals surface area contributed by atoms with Gasteiger partial charge in [-0.1, -0.05) is 13.0 Å². The van der Waals surface area contributed by atoms with Crippen molar-refractivity contribution in [3.8, 4) is 0 Å². The van der Waals surface area contributed by atoms with Crippen LogP contribution in [0, 0.1) is 0 Å². The van der Waals surface area contributed by atoms with Gasteiger partial charge >= 0.3 is 0 Å². The summed E-state index contributed by atoms with van der Waals surface area (Å²) >= 11 is 0. The largest absolute Gasteiger partial charge is 0.354 e. The molecular weight excluding hydrogens is 218 g/mol. The Hall–Kier alpha value is -1.91. The molecule has 17 heavy (non-hydrogen) atoms. The lowest BCUT2D eigenvalue weighted by Crippen LogP contribution is -2.34. The van der Waals surface area contributed by atoms with E-state index in [-0.39, 0.29) is 11.8 Å². The second-order valence-corrected chi connectivity index (χ2v) is 3.57. The number of aromatic nitrogens is 1. The van der Waals surface area contributed by atoms with E-state index in [2.05, 4.69) is 15.6 Å². The number of amides is 2. The number of nitrogens with zero attached hydrogens (tertiary/aromatic N) is 1. The molecule has 1 aromatic rings. The molecule has 0 radical (unpaired) electrons. The van der Waals surface area contributed by atoms with Crippen LogP contribution >= 0.6 is 0 Å². The minimum atomic E-state index is -0.227. The Morgan fingerprint density at radius 1 is 1.24 bits per heavy atom. The van der Waals surface area contributed by atoms with Gasteiger partial charge in [0.25, 0.3) is 5.91 Å². The highest BCUT2D eigenvalue weighted by Crippen LogP contribution is 1.91. The highest BCUT2D eigenvalue weighted by Gasteiger charge is 2.04. The summed E-state index contributed by atoms with van der Waals surface area (Å²) in [6.07, 6.45) is 2.91. The highest BCUT2D eigenvalue weighted by atomic mass is 16.2. The van der Waals surface area contributed by atoms with E-state index < -0.39 is 0 Å². The Kier molecular flexibility index (Phi) is 5.71. The molecule has 0 aliphatic rings. The van der Waals surface area contributed by atoms with E-state index in [1.54, 1.807) is 24.4 Å². The molecule has 0 saturated heterocycles. The Labute approximate surface area is 101 Å². The average molecular weight is 235 g/mol. The lowest BCUT2D eigenvalue weighted by atomic mass is 10.3. The minimum Gasteiger partial charge on any atom is -0.354 e. The third-order valence-corrected chi connectivity index (χ3v) is 2.11. The van der Waals surface area contributed by atoms with Gasteiger partial charge in [-0.2, -0.15) is 0 Å². The summed E-state index contributed by atoms with van der Waals surface area (Å²) < 4.78 is 0. The first kappa shape index (κ1) is 13.2. The number of nitrogens with one attached hydrogen (secondary N) is 2. The molecule has 0 atom stereocenters. The van der Waals surface area contributed by atoms with Gasteiger partial charge in [-0.15, -0.1) is 0 Å². The number of pyridine rings is 1. The van der Waals surface area contributed by atoms with E-state index in [1.165, 1.54) is 0 Å². The fraction of sp³-hybridized carbons (Fsp3) is 0.417. The van der Waals surface area contributed by atoms with Gasteiger partial charge in [-0.25, -0.2) is 0 Å². The molecule has 5 heteroatoms. The van der Waals surface area contributed by atoms with Crippen molar-refractivity contribution in [1.82, 2.24) is 15.6 Å². The van der Waals surface area contributed by atoms with Crippen LogP contribution < -0.4 is 10.6 Å². The molecular formula is C12H17N3O2. The van der Waals surface area contributed by atoms with Crippen LogP contribution in [-0.4, -0.2) is 29.9 Å². The van der Waals surface area contributed by atoms with Crippen LogP contribution in [0.4, 0.5) is 0 Å². The van der Waals surface area contributed by atoms with Crippen molar-refractivity contribution in [1.29, 1.82) is 0 Å². The fourth-order valence-corrected chi connectivity index (χ4v) is 1.28. The normalized spacial score (nSPS) is 9.71. The van der Waals surface area contributed by atoms with Gasteiger partial charge in [0.1, 0.15) is 5.69 Å². The summed E-state index contributed by atoms with van der Waals surface area (Å²) in [5.74, 6) is -0.213. The SMILES string of the molecule is CCCC(=O)NCCNC(=O)c1ccccn1. The molecule has 92 valence electrons. The molecule has 0 aliphatic heterocycles. The summed E-state index contributed by atoms with van der Waals surface area (Å²) in [5.41, 5.74) is 0.382. The van der Waals surface area contributed by atoms with Crippen LogP contribution in [0.2, 0.25) is 0 Å². The number of hydrogen-bond donors (Lipinski definition) is 2. The van der Waals surface area contributed by atoms with E-state index in [1.807, 2.05) is 6.92 Å². The van der Waals surface area contributed by atoms with Crippen LogP contribution in [0.3, 0.4) is 0 Å². The first-order valence-electron chi connectivity index (χ1n) is 5.70. The van der Waals surface area contributed by atoms with Gasteiger partial charge in [-0.05, 0) is 18.6 Å². The lowest BCUT2D eigenvalue weighted by Gasteiger charge is -2.06. The maximum absolute atomic E-state index is 11.5. The second-order valence-electron chi connectivity index (χ2n) is 3.57. The topological polar surface area (TPSA) is 71.1 Å². The number of carbonyl (C=O) groups excluding carboxylic acids is 2. The first-order valence-corrected chi connectivity index (χ1v) is 5.70. The number of carbonyl (C=O) groups is 2. The van der Waals surface area contributed by atoms with Crippen LogP contribution in [0.15, 0.2) is 24.4 Å². The van der Waals surface area contributed by atoms with Crippen molar-refractivity contribution in [3.05, 3.63) is 30.1 Å². The monoisotopic (exact) mass is 235 g/mol. The fourth-order valence-electron chi connectivity index (χ4n) is 1.28. The molecule has 0 aromatic carbocycles. The zero-order chi connectivity index (χ0) is 12.5. The van der Waals surface area contributed by atoms with Gasteiger partial charge in [0.2, 0.25) is 5.91 Å². The van der Waals surface area contributed by atoms with Crippen LogP contribution in [0.1, 0.15) is 30.3 Å². The molecule has 1 rings (SSSR count). The summed E-state index contributed by atoms with van der Waals surface area (Å²) in [4.78, 5) is 26.6. The summed E-state index contributed by atoms with van der Waals surface area (Å²) in [5, 5.41) is 5.40. The maximum atomic E-state index is 11.5. The standard InChI is InChI=1S/C12H17N3O2/c1-2-5-11(16)14-8-9-15-12(17)10-6-3-4-7-13-10/h3-4,6-7H,2,5,8-9H2,1H3,(H,14,16)(H,15,17). The molecule has 2 N–H and O–H groups in total. The Balaban J connectivity index is 2.19. The summed E-state index contributed by atoms with van der Waals surface area (Å²) in [6, 6.07) is 5.15. The molecule has 1 heterocycles. The predicted molar refractivity (Wildman–Crippen MR) is 64.5 cm³/mol. The third-order valence-electron chi connectivity index (χ3n) is 2.11. The predicted octanol–water partition coefficient (Wildman–Crippen LogP) is 0.728. The molecule has 0 saturated carbocycles. The van der Waals surface area contributed by atoms with Gasteiger partial charge in [0, 0.05) is 25.7 Å². The Morgan fingerprint density at radius 3 is 2.65 bits per heavy atom. The third kappa shape index (κ3) is 5.10. The molecule has 0 spiro atoms. The van der Waals surface area contributed by atoms with E-state index >= 15 is 0 Å². The van der Waals surface area contributed by atoms with Crippen molar-refractivity contribution < 1.29 is 9.59 Å².